The van der Waals surface area contributed by atoms with Gasteiger partial charge < -0.3 is 4.52 Å². The lowest BCUT2D eigenvalue weighted by Crippen LogP contribution is -2.44. The second-order valence-corrected chi connectivity index (χ2v) is 5.28. The van der Waals surface area contributed by atoms with Crippen LogP contribution in [0, 0.1) is 0 Å². The van der Waals surface area contributed by atoms with Crippen LogP contribution in [0.5, 0.6) is 0 Å². The number of aromatic nitrogens is 5. The van der Waals surface area contributed by atoms with Crippen molar-refractivity contribution < 1.29 is 4.52 Å². The van der Waals surface area contributed by atoms with E-state index in [0.29, 0.717) is 17.5 Å². The van der Waals surface area contributed by atoms with Crippen LogP contribution in [0.1, 0.15) is 17.4 Å². The Hall–Kier alpha value is -2.67. The Bertz CT molecular complexity index is 739. The molecule has 1 fully saturated rings. The highest BCUT2D eigenvalue weighted by molar-refractivity contribution is 5.40. The normalized spacial score (nSPS) is 15.6. The highest BCUT2D eigenvalue weighted by Crippen LogP contribution is 2.28. The van der Waals surface area contributed by atoms with Crippen molar-refractivity contribution in [3.8, 4) is 11.6 Å². The SMILES string of the molecule is c1cnc(-c2noc(C3CN(Cc4ccncc4)C3)n2)nc1. The van der Waals surface area contributed by atoms with Crippen LogP contribution in [0.2, 0.25) is 0 Å². The van der Waals surface area contributed by atoms with E-state index in [9.17, 15) is 0 Å². The van der Waals surface area contributed by atoms with Gasteiger partial charge in [-0.1, -0.05) is 5.16 Å². The molecule has 110 valence electrons. The fraction of sp³-hybridized carbons (Fsp3) is 0.267. The first-order valence-electron chi connectivity index (χ1n) is 7.11. The maximum atomic E-state index is 5.34. The van der Waals surface area contributed by atoms with Gasteiger partial charge in [0.1, 0.15) is 0 Å². The predicted octanol–water partition coefficient (Wildman–Crippen LogP) is 1.52. The molecule has 7 nitrogen and oxygen atoms in total. The van der Waals surface area contributed by atoms with Crippen molar-refractivity contribution in [3.05, 3.63) is 54.4 Å². The second-order valence-electron chi connectivity index (χ2n) is 5.28. The summed E-state index contributed by atoms with van der Waals surface area (Å²) >= 11 is 0. The van der Waals surface area contributed by atoms with Gasteiger partial charge in [-0.05, 0) is 23.8 Å². The molecule has 0 unspecified atom stereocenters. The van der Waals surface area contributed by atoms with Crippen molar-refractivity contribution in [3.63, 3.8) is 0 Å². The van der Waals surface area contributed by atoms with E-state index in [1.807, 2.05) is 24.5 Å². The van der Waals surface area contributed by atoms with Crippen molar-refractivity contribution in [1.82, 2.24) is 30.0 Å². The van der Waals surface area contributed by atoms with Gasteiger partial charge in [0.15, 0.2) is 0 Å². The summed E-state index contributed by atoms with van der Waals surface area (Å²) in [5, 5.41) is 3.96. The molecular weight excluding hydrogens is 280 g/mol. The summed E-state index contributed by atoms with van der Waals surface area (Å²) in [6.07, 6.45) is 6.96. The van der Waals surface area contributed by atoms with Gasteiger partial charge in [-0.2, -0.15) is 4.98 Å². The summed E-state index contributed by atoms with van der Waals surface area (Å²) in [4.78, 5) is 19.0. The average molecular weight is 294 g/mol. The Labute approximate surface area is 127 Å². The molecule has 0 N–H and O–H groups in total. The molecular formula is C15H14N6O. The van der Waals surface area contributed by atoms with Gasteiger partial charge in [0, 0.05) is 44.4 Å². The fourth-order valence-corrected chi connectivity index (χ4v) is 2.51. The van der Waals surface area contributed by atoms with Gasteiger partial charge in [0.05, 0.1) is 5.92 Å². The molecule has 0 radical (unpaired) electrons. The standard InChI is InChI=1S/C15H14N6O/c1-4-17-13(18-5-1)14-19-15(22-20-14)12-9-21(10-12)8-11-2-6-16-7-3-11/h1-7,12H,8-10H2. The molecule has 0 atom stereocenters. The van der Waals surface area contributed by atoms with Crippen LogP contribution in [0.15, 0.2) is 47.5 Å². The van der Waals surface area contributed by atoms with E-state index >= 15 is 0 Å². The zero-order valence-corrected chi connectivity index (χ0v) is 11.8. The molecule has 1 saturated heterocycles. The lowest BCUT2D eigenvalue weighted by atomic mass is 9.99. The third-order valence-electron chi connectivity index (χ3n) is 3.67. The first-order chi connectivity index (χ1) is 10.9. The average Bonchev–Trinajstić information content (AvgIpc) is 3.02. The van der Waals surface area contributed by atoms with Gasteiger partial charge in [0.2, 0.25) is 17.5 Å². The van der Waals surface area contributed by atoms with Crippen molar-refractivity contribution in [1.29, 1.82) is 0 Å². The predicted molar refractivity (Wildman–Crippen MR) is 77.6 cm³/mol. The maximum Gasteiger partial charge on any atom is 0.240 e. The molecule has 3 aromatic rings. The van der Waals surface area contributed by atoms with Crippen molar-refractivity contribution in [2.75, 3.05) is 13.1 Å². The van der Waals surface area contributed by atoms with Crippen LogP contribution in [-0.2, 0) is 6.54 Å². The first-order valence-corrected chi connectivity index (χ1v) is 7.11. The van der Waals surface area contributed by atoms with E-state index in [0.717, 1.165) is 19.6 Å². The topological polar surface area (TPSA) is 80.8 Å². The Morgan fingerprint density at radius 3 is 2.59 bits per heavy atom. The molecule has 22 heavy (non-hydrogen) atoms. The third-order valence-corrected chi connectivity index (χ3v) is 3.67. The van der Waals surface area contributed by atoms with E-state index in [1.165, 1.54) is 5.56 Å². The molecule has 0 bridgehead atoms. The molecule has 4 heterocycles. The summed E-state index contributed by atoms with van der Waals surface area (Å²) in [5.74, 6) is 1.88. The van der Waals surface area contributed by atoms with E-state index in [4.69, 9.17) is 4.52 Å². The van der Waals surface area contributed by atoms with Gasteiger partial charge in [-0.3, -0.25) is 9.88 Å². The lowest BCUT2D eigenvalue weighted by Gasteiger charge is -2.37. The van der Waals surface area contributed by atoms with Crippen molar-refractivity contribution in [2.45, 2.75) is 12.5 Å². The molecule has 0 amide bonds. The van der Waals surface area contributed by atoms with Crippen molar-refractivity contribution in [2.24, 2.45) is 0 Å². The quantitative estimate of drug-likeness (QED) is 0.721. The number of rotatable bonds is 4. The Kier molecular flexibility index (Phi) is 3.32. The third kappa shape index (κ3) is 2.58. The van der Waals surface area contributed by atoms with Gasteiger partial charge >= 0.3 is 0 Å². The Balaban J connectivity index is 1.38. The molecule has 1 aliphatic heterocycles. The van der Waals surface area contributed by atoms with Crippen LogP contribution in [0.25, 0.3) is 11.6 Å². The molecule has 0 saturated carbocycles. The molecule has 0 aliphatic carbocycles. The van der Waals surface area contributed by atoms with E-state index < -0.39 is 0 Å². The minimum atomic E-state index is 0.284. The molecule has 1 aliphatic rings. The summed E-state index contributed by atoms with van der Waals surface area (Å²) < 4.78 is 5.34. The van der Waals surface area contributed by atoms with E-state index in [2.05, 4.69) is 30.0 Å². The first kappa shape index (κ1) is 13.0. The highest BCUT2D eigenvalue weighted by Gasteiger charge is 2.32. The van der Waals surface area contributed by atoms with Crippen LogP contribution < -0.4 is 0 Å². The molecule has 3 aromatic heterocycles. The highest BCUT2D eigenvalue weighted by atomic mass is 16.5. The zero-order chi connectivity index (χ0) is 14.8. The molecule has 4 rings (SSSR count). The van der Waals surface area contributed by atoms with Gasteiger partial charge in [-0.25, -0.2) is 9.97 Å². The lowest BCUT2D eigenvalue weighted by molar-refractivity contribution is 0.117. The fourth-order valence-electron chi connectivity index (χ4n) is 2.51. The molecule has 0 aromatic carbocycles. The maximum absolute atomic E-state index is 5.34. The molecule has 7 heteroatoms. The summed E-state index contributed by atoms with van der Waals surface area (Å²) in [7, 11) is 0. The second kappa shape index (κ2) is 5.61. The van der Waals surface area contributed by atoms with Gasteiger partial charge in [-0.15, -0.1) is 0 Å². The Morgan fingerprint density at radius 2 is 1.82 bits per heavy atom. The number of likely N-dealkylation sites (tertiary alicyclic amines) is 1. The van der Waals surface area contributed by atoms with Crippen molar-refractivity contribution >= 4 is 0 Å². The van der Waals surface area contributed by atoms with Crippen LogP contribution in [0.3, 0.4) is 0 Å². The number of pyridine rings is 1. The minimum absolute atomic E-state index is 0.284. The summed E-state index contributed by atoms with van der Waals surface area (Å²) in [6.45, 7) is 2.75. The summed E-state index contributed by atoms with van der Waals surface area (Å²) in [5.41, 5.74) is 1.26. The van der Waals surface area contributed by atoms with Crippen LogP contribution >= 0.6 is 0 Å². The number of hydrogen-bond acceptors (Lipinski definition) is 7. The Morgan fingerprint density at radius 1 is 1.05 bits per heavy atom. The minimum Gasteiger partial charge on any atom is -0.338 e. The zero-order valence-electron chi connectivity index (χ0n) is 11.8. The van der Waals surface area contributed by atoms with Crippen LogP contribution in [-0.4, -0.2) is 43.1 Å². The van der Waals surface area contributed by atoms with E-state index in [-0.39, 0.29) is 5.92 Å². The number of nitrogens with zero attached hydrogens (tertiary/aromatic N) is 6. The van der Waals surface area contributed by atoms with Crippen LogP contribution in [0.4, 0.5) is 0 Å². The number of hydrogen-bond donors (Lipinski definition) is 0. The van der Waals surface area contributed by atoms with Gasteiger partial charge in [0.25, 0.3) is 0 Å². The smallest absolute Gasteiger partial charge is 0.240 e. The largest absolute Gasteiger partial charge is 0.338 e. The van der Waals surface area contributed by atoms with E-state index in [1.54, 1.807) is 18.5 Å². The monoisotopic (exact) mass is 294 g/mol. The summed E-state index contributed by atoms with van der Waals surface area (Å²) in [6, 6.07) is 5.82. The molecule has 0 spiro atoms.